The number of nitrogens with two attached hydrogens (primary N) is 1. The molecule has 0 radical (unpaired) electrons. The van der Waals surface area contributed by atoms with Crippen molar-refractivity contribution in [1.82, 2.24) is 10.1 Å². The van der Waals surface area contributed by atoms with Crippen molar-refractivity contribution in [3.8, 4) is 28.6 Å². The maximum atomic E-state index is 11.2. The first-order chi connectivity index (χ1) is 15.3. The van der Waals surface area contributed by atoms with Crippen LogP contribution in [0.3, 0.4) is 0 Å². The molecule has 32 heavy (non-hydrogen) atoms. The highest BCUT2D eigenvalue weighted by Gasteiger charge is 2.32. The summed E-state index contributed by atoms with van der Waals surface area (Å²) in [6.45, 7) is 5.89. The van der Waals surface area contributed by atoms with E-state index in [0.29, 0.717) is 34.9 Å². The van der Waals surface area contributed by atoms with Crippen molar-refractivity contribution in [3.63, 3.8) is 0 Å². The van der Waals surface area contributed by atoms with Crippen LogP contribution in [-0.4, -0.2) is 33.4 Å². The van der Waals surface area contributed by atoms with E-state index in [4.69, 9.17) is 20.9 Å². The minimum Gasteiger partial charge on any atom is -0.489 e. The van der Waals surface area contributed by atoms with Crippen molar-refractivity contribution in [2.45, 2.75) is 52.2 Å². The number of aryl methyl sites for hydroxylation is 1. The number of hydrogen-bond donors (Lipinski definition) is 2. The molecule has 8 heteroatoms. The highest BCUT2D eigenvalue weighted by atomic mass is 35.5. The quantitative estimate of drug-likeness (QED) is 0.504. The Kier molecular flexibility index (Phi) is 6.48. The molecule has 7 nitrogen and oxygen atoms in total. The highest BCUT2D eigenvalue weighted by Crippen LogP contribution is 2.32. The van der Waals surface area contributed by atoms with Gasteiger partial charge in [-0.05, 0) is 63.1 Å². The molecule has 0 saturated heterocycles. The Hall–Kier alpha value is -2.90. The first-order valence-corrected chi connectivity index (χ1v) is 11.2. The van der Waals surface area contributed by atoms with Crippen molar-refractivity contribution in [2.75, 3.05) is 0 Å². The van der Waals surface area contributed by atoms with Crippen LogP contribution < -0.4 is 10.1 Å². The number of benzene rings is 2. The Labute approximate surface area is 191 Å². The number of rotatable bonds is 7. The lowest BCUT2D eigenvalue weighted by atomic mass is 10.1. The summed E-state index contributed by atoms with van der Waals surface area (Å²) in [5.41, 5.74) is 3.70. The SMILES string of the molecule is Cc1cc([NH2+]C2CC[C@@H](C(=O)O)C2)ccc1-c1nc(-c2ccc(OC(C)C)c(Cl)c2)no1. The number of aromatic nitrogens is 2. The zero-order valence-electron chi connectivity index (χ0n) is 18.3. The van der Waals surface area contributed by atoms with Crippen molar-refractivity contribution < 1.29 is 24.5 Å². The van der Waals surface area contributed by atoms with Crippen LogP contribution in [0.2, 0.25) is 5.02 Å². The van der Waals surface area contributed by atoms with Crippen molar-refractivity contribution in [1.29, 1.82) is 0 Å². The molecule has 1 unspecified atom stereocenters. The lowest BCUT2D eigenvalue weighted by molar-refractivity contribution is -0.609. The summed E-state index contributed by atoms with van der Waals surface area (Å²) in [5.74, 6) is 0.595. The second kappa shape index (κ2) is 9.30. The average molecular weight is 457 g/mol. The van der Waals surface area contributed by atoms with Gasteiger partial charge in [0.25, 0.3) is 5.89 Å². The molecule has 2 aromatic carbocycles. The summed E-state index contributed by atoms with van der Waals surface area (Å²) in [4.78, 5) is 15.7. The molecule has 1 aromatic heterocycles. The summed E-state index contributed by atoms with van der Waals surface area (Å²) in [7, 11) is 0. The minimum atomic E-state index is -0.692. The van der Waals surface area contributed by atoms with Gasteiger partial charge in [-0.1, -0.05) is 16.8 Å². The molecule has 0 bridgehead atoms. The first kappa shape index (κ1) is 22.3. The van der Waals surface area contributed by atoms with Crippen LogP contribution in [0.4, 0.5) is 5.69 Å². The summed E-state index contributed by atoms with van der Waals surface area (Å²) in [6, 6.07) is 11.8. The third kappa shape index (κ3) is 4.95. The average Bonchev–Trinajstić information content (AvgIpc) is 3.39. The van der Waals surface area contributed by atoms with Crippen LogP contribution in [0, 0.1) is 12.8 Å². The maximum absolute atomic E-state index is 11.2. The van der Waals surface area contributed by atoms with Gasteiger partial charge in [0, 0.05) is 30.0 Å². The lowest BCUT2D eigenvalue weighted by Gasteiger charge is -2.11. The maximum Gasteiger partial charge on any atom is 0.306 e. The first-order valence-electron chi connectivity index (χ1n) is 10.8. The van der Waals surface area contributed by atoms with E-state index in [0.717, 1.165) is 35.2 Å². The molecule has 1 fully saturated rings. The zero-order chi connectivity index (χ0) is 22.8. The van der Waals surface area contributed by atoms with Crippen molar-refractivity contribution in [3.05, 3.63) is 47.0 Å². The minimum absolute atomic E-state index is 0.0330. The summed E-state index contributed by atoms with van der Waals surface area (Å²) in [6.07, 6.45) is 2.39. The Balaban J connectivity index is 1.48. The van der Waals surface area contributed by atoms with Gasteiger partial charge in [-0.3, -0.25) is 4.79 Å². The Morgan fingerprint density at radius 3 is 2.72 bits per heavy atom. The van der Waals surface area contributed by atoms with E-state index in [2.05, 4.69) is 21.5 Å². The van der Waals surface area contributed by atoms with Crippen molar-refractivity contribution >= 4 is 23.3 Å². The molecule has 2 atom stereocenters. The molecule has 3 aromatic rings. The molecular weight excluding hydrogens is 430 g/mol. The van der Waals surface area contributed by atoms with E-state index < -0.39 is 5.97 Å². The van der Waals surface area contributed by atoms with Gasteiger partial charge in [-0.2, -0.15) is 4.98 Å². The van der Waals surface area contributed by atoms with E-state index in [1.54, 1.807) is 6.07 Å². The molecule has 168 valence electrons. The molecule has 3 N–H and O–H groups in total. The fraction of sp³-hybridized carbons (Fsp3) is 0.375. The molecule has 0 aliphatic heterocycles. The van der Waals surface area contributed by atoms with Gasteiger partial charge < -0.3 is 19.7 Å². The Morgan fingerprint density at radius 2 is 2.06 bits per heavy atom. The van der Waals surface area contributed by atoms with Gasteiger partial charge in [0.05, 0.1) is 23.1 Å². The fourth-order valence-electron chi connectivity index (χ4n) is 4.13. The number of ether oxygens (including phenoxy) is 1. The lowest BCUT2D eigenvalue weighted by Crippen LogP contribution is -2.83. The Morgan fingerprint density at radius 1 is 1.25 bits per heavy atom. The van der Waals surface area contributed by atoms with E-state index in [1.807, 2.05) is 45.0 Å². The van der Waals surface area contributed by atoms with Gasteiger partial charge in [-0.25, -0.2) is 0 Å². The zero-order valence-corrected chi connectivity index (χ0v) is 19.1. The second-order valence-electron chi connectivity index (χ2n) is 8.58. The predicted molar refractivity (Wildman–Crippen MR) is 121 cm³/mol. The summed E-state index contributed by atoms with van der Waals surface area (Å²) >= 11 is 6.34. The van der Waals surface area contributed by atoms with E-state index >= 15 is 0 Å². The number of nitrogens with zero attached hydrogens (tertiary/aromatic N) is 2. The van der Waals surface area contributed by atoms with Crippen LogP contribution in [0.25, 0.3) is 22.8 Å². The van der Waals surface area contributed by atoms with E-state index in [9.17, 15) is 9.90 Å². The number of hydrogen-bond acceptors (Lipinski definition) is 5. The second-order valence-corrected chi connectivity index (χ2v) is 8.99. The standard InChI is InChI=1S/C24H26ClN3O4/c1-13(2)31-21-9-5-15(12-20(21)25)22-27-23(32-28-22)19-8-7-17(10-14(19)3)26-18-6-4-16(11-18)24(29)30/h5,7-10,12-13,16,18,26H,4,6,11H2,1-3H3,(H,29,30)/p+1/t16-,18?/m1/s1. The largest absolute Gasteiger partial charge is 0.489 e. The van der Waals surface area contributed by atoms with Gasteiger partial charge in [0.2, 0.25) is 5.82 Å². The number of carbonyl (C=O) groups is 1. The highest BCUT2D eigenvalue weighted by molar-refractivity contribution is 6.32. The Bertz CT molecular complexity index is 1130. The van der Waals surface area contributed by atoms with E-state index in [-0.39, 0.29) is 12.0 Å². The van der Waals surface area contributed by atoms with Crippen LogP contribution in [0.5, 0.6) is 5.75 Å². The smallest absolute Gasteiger partial charge is 0.306 e. The third-order valence-electron chi connectivity index (χ3n) is 5.71. The molecule has 4 rings (SSSR count). The molecule has 1 saturated carbocycles. The predicted octanol–water partition coefficient (Wildman–Crippen LogP) is 4.60. The number of halogens is 1. The van der Waals surface area contributed by atoms with Crippen LogP contribution in [0.1, 0.15) is 38.7 Å². The monoisotopic (exact) mass is 456 g/mol. The third-order valence-corrected chi connectivity index (χ3v) is 6.01. The van der Waals surface area contributed by atoms with Crippen molar-refractivity contribution in [2.24, 2.45) is 5.92 Å². The molecule has 0 spiro atoms. The summed E-state index contributed by atoms with van der Waals surface area (Å²) < 4.78 is 11.2. The number of aliphatic carboxylic acids is 1. The van der Waals surface area contributed by atoms with Gasteiger partial charge in [-0.15, -0.1) is 0 Å². The molecule has 1 aliphatic carbocycles. The number of carboxylic acid groups (broad SMARTS) is 1. The normalized spacial score (nSPS) is 18.3. The van der Waals surface area contributed by atoms with Gasteiger partial charge >= 0.3 is 5.97 Å². The topological polar surface area (TPSA) is 102 Å². The molecule has 0 amide bonds. The molecule has 1 heterocycles. The van der Waals surface area contributed by atoms with Crippen LogP contribution in [-0.2, 0) is 4.79 Å². The molecular formula is C24H27ClN3O4+. The molecule has 1 aliphatic rings. The number of carboxylic acids is 1. The van der Waals surface area contributed by atoms with Gasteiger partial charge in [0.1, 0.15) is 11.4 Å². The fourth-order valence-corrected chi connectivity index (χ4v) is 4.36. The number of quaternary nitrogens is 1. The van der Waals surface area contributed by atoms with E-state index in [1.165, 1.54) is 0 Å². The summed E-state index contributed by atoms with van der Waals surface area (Å²) in [5, 5.41) is 16.0. The van der Waals surface area contributed by atoms with Crippen LogP contribution >= 0.6 is 11.6 Å². The van der Waals surface area contributed by atoms with Crippen LogP contribution in [0.15, 0.2) is 40.9 Å². The van der Waals surface area contributed by atoms with Gasteiger partial charge in [0.15, 0.2) is 0 Å².